The fraction of sp³-hybridized carbons (Fsp3) is 0.500. The van der Waals surface area contributed by atoms with E-state index in [0.29, 0.717) is 0 Å². The Morgan fingerprint density at radius 3 is 2.52 bits per heavy atom. The molecule has 0 radical (unpaired) electrons. The molecule has 5 heteroatoms. The Hall–Kier alpha value is -1.43. The van der Waals surface area contributed by atoms with Crippen LogP contribution in [0, 0.1) is 6.92 Å². The first kappa shape index (κ1) is 18.4. The van der Waals surface area contributed by atoms with E-state index < -0.39 is 6.10 Å². The van der Waals surface area contributed by atoms with Crippen molar-refractivity contribution in [2.24, 2.45) is 0 Å². The van der Waals surface area contributed by atoms with Gasteiger partial charge in [0, 0.05) is 29.1 Å². The quantitative estimate of drug-likeness (QED) is 0.623. The maximum atomic E-state index is 10.2. The maximum absolute atomic E-state index is 10.2. The second kappa shape index (κ2) is 8.79. The Morgan fingerprint density at radius 2 is 1.84 bits per heavy atom. The van der Waals surface area contributed by atoms with Gasteiger partial charge in [0.15, 0.2) is 5.82 Å². The van der Waals surface area contributed by atoms with Crippen LogP contribution in [0.1, 0.15) is 43.5 Å². The molecule has 2 aromatic rings. The van der Waals surface area contributed by atoms with Crippen molar-refractivity contribution in [3.63, 3.8) is 0 Å². The van der Waals surface area contributed by atoms with Crippen molar-refractivity contribution in [2.75, 3.05) is 25.4 Å². The van der Waals surface area contributed by atoms with E-state index in [1.807, 2.05) is 37.3 Å². The molecule has 0 aliphatic carbocycles. The molecule has 0 bridgehead atoms. The van der Waals surface area contributed by atoms with Gasteiger partial charge in [-0.05, 0) is 39.8 Å². The highest BCUT2D eigenvalue weighted by Crippen LogP contribution is 2.30. The second-order valence-corrected chi connectivity index (χ2v) is 7.73. The number of aryl methyl sites for hydroxylation is 1. The van der Waals surface area contributed by atoms with Crippen LogP contribution in [0.2, 0.25) is 0 Å². The molecule has 1 atom stereocenters. The van der Waals surface area contributed by atoms with Gasteiger partial charge >= 0.3 is 0 Å². The van der Waals surface area contributed by atoms with Gasteiger partial charge in [-0.2, -0.15) is 0 Å². The van der Waals surface area contributed by atoms with E-state index in [4.69, 9.17) is 4.98 Å². The monoisotopic (exact) mass is 357 g/mol. The van der Waals surface area contributed by atoms with Gasteiger partial charge in [0.25, 0.3) is 0 Å². The van der Waals surface area contributed by atoms with Gasteiger partial charge in [0.05, 0.1) is 6.10 Å². The second-order valence-electron chi connectivity index (χ2n) is 6.64. The molecule has 0 amide bonds. The van der Waals surface area contributed by atoms with Crippen LogP contribution in [0.25, 0.3) is 11.4 Å². The summed E-state index contributed by atoms with van der Waals surface area (Å²) in [6.45, 7) is 7.25. The number of aromatic nitrogens is 2. The van der Waals surface area contributed by atoms with E-state index in [9.17, 15) is 5.11 Å². The average molecular weight is 358 g/mol. The van der Waals surface area contributed by atoms with Crippen LogP contribution in [-0.2, 0) is 0 Å². The topological polar surface area (TPSA) is 49.2 Å². The Bertz CT molecular complexity index is 685. The number of piperidine rings is 1. The lowest BCUT2D eigenvalue weighted by Crippen LogP contribution is -2.31. The van der Waals surface area contributed by atoms with E-state index in [1.54, 1.807) is 18.7 Å². The Kier molecular flexibility index (Phi) is 6.45. The molecule has 0 saturated carbocycles. The van der Waals surface area contributed by atoms with E-state index in [2.05, 4.69) is 9.88 Å². The molecule has 1 aliphatic heterocycles. The van der Waals surface area contributed by atoms with E-state index in [1.165, 1.54) is 32.4 Å². The number of thioether (sulfide) groups is 1. The van der Waals surface area contributed by atoms with Gasteiger partial charge in [-0.25, -0.2) is 9.97 Å². The first-order chi connectivity index (χ1) is 12.1. The molecule has 0 spiro atoms. The molecule has 1 aliphatic rings. The third kappa shape index (κ3) is 4.81. The third-order valence-electron chi connectivity index (χ3n) is 4.65. The summed E-state index contributed by atoms with van der Waals surface area (Å²) in [7, 11) is 0. The first-order valence-electron chi connectivity index (χ1n) is 9.12. The fourth-order valence-corrected chi connectivity index (χ4v) is 4.48. The van der Waals surface area contributed by atoms with E-state index in [-0.39, 0.29) is 0 Å². The number of benzene rings is 1. The van der Waals surface area contributed by atoms with Crippen molar-refractivity contribution in [1.29, 1.82) is 0 Å². The van der Waals surface area contributed by atoms with Crippen LogP contribution in [-0.4, -0.2) is 45.4 Å². The van der Waals surface area contributed by atoms with Gasteiger partial charge in [0.2, 0.25) is 0 Å². The molecule has 1 N–H and O–H groups in total. The third-order valence-corrected chi connectivity index (χ3v) is 5.62. The van der Waals surface area contributed by atoms with Crippen molar-refractivity contribution >= 4 is 11.8 Å². The number of rotatable bonds is 6. The lowest BCUT2D eigenvalue weighted by Gasteiger charge is -2.26. The zero-order chi connectivity index (χ0) is 17.6. The SMILES string of the molecule is Cc1nc(-c2ccccc2)nc(SCCN2CCCCC2)c1C(C)O. The number of hydrogen-bond acceptors (Lipinski definition) is 5. The molecule has 2 heterocycles. The van der Waals surface area contributed by atoms with Crippen LogP contribution < -0.4 is 0 Å². The molecule has 4 nitrogen and oxygen atoms in total. The van der Waals surface area contributed by atoms with Gasteiger partial charge in [0.1, 0.15) is 5.03 Å². The van der Waals surface area contributed by atoms with E-state index >= 15 is 0 Å². The van der Waals surface area contributed by atoms with Crippen LogP contribution in [0.3, 0.4) is 0 Å². The molecule has 1 unspecified atom stereocenters. The minimum Gasteiger partial charge on any atom is -0.389 e. The molecular weight excluding hydrogens is 330 g/mol. The molecule has 3 rings (SSSR count). The van der Waals surface area contributed by atoms with Crippen LogP contribution >= 0.6 is 11.8 Å². The molecule has 1 fully saturated rings. The van der Waals surface area contributed by atoms with Gasteiger partial charge < -0.3 is 10.0 Å². The Labute approximate surface area is 154 Å². The molecular formula is C20H27N3OS. The van der Waals surface area contributed by atoms with Gasteiger partial charge in [-0.3, -0.25) is 0 Å². The van der Waals surface area contributed by atoms with Crippen LogP contribution in [0.15, 0.2) is 35.4 Å². The number of aliphatic hydroxyl groups is 1. The first-order valence-corrected chi connectivity index (χ1v) is 10.1. The minimum atomic E-state index is -0.553. The predicted molar refractivity (Wildman–Crippen MR) is 104 cm³/mol. The molecule has 1 aromatic carbocycles. The highest BCUT2D eigenvalue weighted by atomic mass is 32.2. The summed E-state index contributed by atoms with van der Waals surface area (Å²) >= 11 is 1.74. The fourth-order valence-electron chi connectivity index (χ4n) is 3.32. The Morgan fingerprint density at radius 1 is 1.12 bits per heavy atom. The number of aliphatic hydroxyl groups excluding tert-OH is 1. The van der Waals surface area contributed by atoms with Crippen LogP contribution in [0.5, 0.6) is 0 Å². The van der Waals surface area contributed by atoms with Crippen molar-refractivity contribution in [1.82, 2.24) is 14.9 Å². The summed E-state index contributed by atoms with van der Waals surface area (Å²) in [5.41, 5.74) is 2.74. The number of hydrogen-bond donors (Lipinski definition) is 1. The molecule has 25 heavy (non-hydrogen) atoms. The molecule has 1 aromatic heterocycles. The minimum absolute atomic E-state index is 0.553. The lowest BCUT2D eigenvalue weighted by molar-refractivity contribution is 0.194. The largest absolute Gasteiger partial charge is 0.389 e. The average Bonchev–Trinajstić information content (AvgIpc) is 2.62. The van der Waals surface area contributed by atoms with Crippen molar-refractivity contribution < 1.29 is 5.11 Å². The van der Waals surface area contributed by atoms with Crippen LogP contribution in [0.4, 0.5) is 0 Å². The predicted octanol–water partition coefficient (Wildman–Crippen LogP) is 4.08. The maximum Gasteiger partial charge on any atom is 0.160 e. The summed E-state index contributed by atoms with van der Waals surface area (Å²) in [6, 6.07) is 10.0. The normalized spacial score (nSPS) is 16.8. The van der Waals surface area contributed by atoms with Crippen molar-refractivity contribution in [2.45, 2.75) is 44.2 Å². The summed E-state index contributed by atoms with van der Waals surface area (Å²) in [6.07, 6.45) is 3.44. The zero-order valence-electron chi connectivity index (χ0n) is 15.1. The smallest absolute Gasteiger partial charge is 0.160 e. The summed E-state index contributed by atoms with van der Waals surface area (Å²) in [4.78, 5) is 11.9. The highest BCUT2D eigenvalue weighted by Gasteiger charge is 2.18. The standard InChI is InChI=1S/C20H27N3OS/c1-15-18(16(2)24)20(25-14-13-23-11-7-4-8-12-23)22-19(21-15)17-9-5-3-6-10-17/h3,5-6,9-10,16,24H,4,7-8,11-14H2,1-2H3. The van der Waals surface area contributed by atoms with Gasteiger partial charge in [-0.1, -0.05) is 36.8 Å². The van der Waals surface area contributed by atoms with Crippen molar-refractivity contribution in [3.05, 3.63) is 41.6 Å². The highest BCUT2D eigenvalue weighted by molar-refractivity contribution is 7.99. The summed E-state index contributed by atoms with van der Waals surface area (Å²) in [5.74, 6) is 1.73. The summed E-state index contributed by atoms with van der Waals surface area (Å²) in [5, 5.41) is 11.1. The van der Waals surface area contributed by atoms with Gasteiger partial charge in [-0.15, -0.1) is 11.8 Å². The number of likely N-dealkylation sites (tertiary alicyclic amines) is 1. The molecule has 1 saturated heterocycles. The zero-order valence-corrected chi connectivity index (χ0v) is 15.9. The lowest BCUT2D eigenvalue weighted by atomic mass is 10.1. The van der Waals surface area contributed by atoms with Crippen molar-refractivity contribution in [3.8, 4) is 11.4 Å². The summed E-state index contributed by atoms with van der Waals surface area (Å²) < 4.78 is 0. The number of nitrogens with zero attached hydrogens (tertiary/aromatic N) is 3. The Balaban J connectivity index is 1.78. The van der Waals surface area contributed by atoms with E-state index in [0.717, 1.165) is 40.0 Å². The molecule has 134 valence electrons.